The number of methoxy groups -OCH3 is 1. The van der Waals surface area contributed by atoms with E-state index in [9.17, 15) is 4.79 Å². The first-order valence-corrected chi connectivity index (χ1v) is 8.99. The molecule has 26 heavy (non-hydrogen) atoms. The summed E-state index contributed by atoms with van der Waals surface area (Å²) in [6.07, 6.45) is 0.653. The van der Waals surface area contributed by atoms with Gasteiger partial charge in [-0.25, -0.2) is 0 Å². The van der Waals surface area contributed by atoms with Crippen LogP contribution in [-0.2, 0) is 6.42 Å². The molecular formula is C19H19N3O3S. The minimum Gasteiger partial charge on any atom is -0.497 e. The minimum atomic E-state index is -0.222. The summed E-state index contributed by atoms with van der Waals surface area (Å²) in [5.41, 5.74) is 1.65. The summed E-state index contributed by atoms with van der Waals surface area (Å²) in [6, 6.07) is 14.8. The van der Waals surface area contributed by atoms with Crippen LogP contribution < -0.4 is 14.8 Å². The third-order valence-electron chi connectivity index (χ3n) is 3.63. The Kier molecular flexibility index (Phi) is 5.80. The van der Waals surface area contributed by atoms with E-state index in [1.54, 1.807) is 31.4 Å². The summed E-state index contributed by atoms with van der Waals surface area (Å²) in [5.74, 6) is 1.33. The maximum absolute atomic E-state index is 12.3. The van der Waals surface area contributed by atoms with Crippen molar-refractivity contribution in [3.05, 3.63) is 64.7 Å². The SMILES string of the molecule is CCOc1ccc(C(=O)Nc2nnc(Cc3ccc(OC)cc3)s2)cc1. The Morgan fingerprint density at radius 2 is 1.73 bits per heavy atom. The quantitative estimate of drug-likeness (QED) is 0.686. The lowest BCUT2D eigenvalue weighted by molar-refractivity contribution is 0.102. The van der Waals surface area contributed by atoms with Gasteiger partial charge in [-0.15, -0.1) is 10.2 Å². The second kappa shape index (κ2) is 8.44. The van der Waals surface area contributed by atoms with Gasteiger partial charge < -0.3 is 9.47 Å². The van der Waals surface area contributed by atoms with Crippen LogP contribution in [0.3, 0.4) is 0 Å². The first-order chi connectivity index (χ1) is 12.7. The summed E-state index contributed by atoms with van der Waals surface area (Å²) < 4.78 is 10.5. The Hall–Kier alpha value is -2.93. The van der Waals surface area contributed by atoms with E-state index in [0.717, 1.165) is 22.1 Å². The van der Waals surface area contributed by atoms with E-state index in [4.69, 9.17) is 9.47 Å². The second-order valence-electron chi connectivity index (χ2n) is 5.44. The maximum atomic E-state index is 12.3. The molecular weight excluding hydrogens is 350 g/mol. The molecule has 0 aliphatic rings. The first-order valence-electron chi connectivity index (χ1n) is 8.17. The summed E-state index contributed by atoms with van der Waals surface area (Å²) in [5, 5.41) is 12.3. The molecule has 3 rings (SSSR count). The predicted molar refractivity (Wildman–Crippen MR) is 101 cm³/mol. The fourth-order valence-electron chi connectivity index (χ4n) is 2.33. The lowest BCUT2D eigenvalue weighted by Crippen LogP contribution is -2.11. The monoisotopic (exact) mass is 369 g/mol. The van der Waals surface area contributed by atoms with Crippen molar-refractivity contribution >= 4 is 22.4 Å². The number of nitrogens with zero attached hydrogens (tertiary/aromatic N) is 2. The van der Waals surface area contributed by atoms with Gasteiger partial charge in [0.25, 0.3) is 5.91 Å². The number of ether oxygens (including phenoxy) is 2. The molecule has 0 atom stereocenters. The zero-order chi connectivity index (χ0) is 18.4. The van der Waals surface area contributed by atoms with Gasteiger partial charge in [0.1, 0.15) is 16.5 Å². The van der Waals surface area contributed by atoms with Crippen LogP contribution in [0.1, 0.15) is 27.9 Å². The van der Waals surface area contributed by atoms with Crippen LogP contribution in [0.2, 0.25) is 0 Å². The van der Waals surface area contributed by atoms with E-state index in [1.165, 1.54) is 11.3 Å². The zero-order valence-electron chi connectivity index (χ0n) is 14.6. The van der Waals surface area contributed by atoms with E-state index < -0.39 is 0 Å². The lowest BCUT2D eigenvalue weighted by Gasteiger charge is -2.04. The van der Waals surface area contributed by atoms with E-state index in [2.05, 4.69) is 15.5 Å². The first kappa shape index (κ1) is 17.9. The molecule has 2 aromatic carbocycles. The van der Waals surface area contributed by atoms with Gasteiger partial charge in [0.2, 0.25) is 5.13 Å². The summed E-state index contributed by atoms with van der Waals surface area (Å²) in [7, 11) is 1.64. The molecule has 1 heterocycles. The van der Waals surface area contributed by atoms with Crippen molar-refractivity contribution in [2.24, 2.45) is 0 Å². The maximum Gasteiger partial charge on any atom is 0.257 e. The van der Waals surface area contributed by atoms with E-state index >= 15 is 0 Å². The molecule has 6 nitrogen and oxygen atoms in total. The van der Waals surface area contributed by atoms with Crippen LogP contribution >= 0.6 is 11.3 Å². The smallest absolute Gasteiger partial charge is 0.257 e. The van der Waals surface area contributed by atoms with Crippen molar-refractivity contribution in [2.75, 3.05) is 19.0 Å². The largest absolute Gasteiger partial charge is 0.497 e. The van der Waals surface area contributed by atoms with Gasteiger partial charge in [0.05, 0.1) is 13.7 Å². The highest BCUT2D eigenvalue weighted by molar-refractivity contribution is 7.15. The third-order valence-corrected chi connectivity index (χ3v) is 4.47. The minimum absolute atomic E-state index is 0.222. The van der Waals surface area contributed by atoms with Crippen molar-refractivity contribution in [3.63, 3.8) is 0 Å². The molecule has 1 N–H and O–H groups in total. The van der Waals surface area contributed by atoms with Crippen LogP contribution in [-0.4, -0.2) is 29.8 Å². The number of amides is 1. The summed E-state index contributed by atoms with van der Waals surface area (Å²) >= 11 is 1.36. The summed E-state index contributed by atoms with van der Waals surface area (Å²) in [4.78, 5) is 12.3. The van der Waals surface area contributed by atoms with Crippen molar-refractivity contribution < 1.29 is 14.3 Å². The summed E-state index contributed by atoms with van der Waals surface area (Å²) in [6.45, 7) is 2.51. The molecule has 134 valence electrons. The number of aromatic nitrogens is 2. The fraction of sp³-hybridized carbons (Fsp3) is 0.211. The normalized spacial score (nSPS) is 10.4. The molecule has 1 amide bonds. The molecule has 0 fully saturated rings. The molecule has 0 saturated heterocycles. The average Bonchev–Trinajstić information content (AvgIpc) is 3.10. The third kappa shape index (κ3) is 4.58. The van der Waals surface area contributed by atoms with Gasteiger partial charge in [0.15, 0.2) is 0 Å². The highest BCUT2D eigenvalue weighted by Crippen LogP contribution is 2.21. The molecule has 0 spiro atoms. The Bertz CT molecular complexity index is 860. The number of hydrogen-bond donors (Lipinski definition) is 1. The second-order valence-corrected chi connectivity index (χ2v) is 6.50. The fourth-order valence-corrected chi connectivity index (χ4v) is 3.10. The molecule has 0 radical (unpaired) electrons. The lowest BCUT2D eigenvalue weighted by atomic mass is 10.1. The molecule has 0 bridgehead atoms. The topological polar surface area (TPSA) is 73.3 Å². The average molecular weight is 369 g/mol. The van der Waals surface area contributed by atoms with E-state index in [-0.39, 0.29) is 5.91 Å². The number of rotatable bonds is 7. The van der Waals surface area contributed by atoms with Gasteiger partial charge in [0, 0.05) is 12.0 Å². The molecule has 1 aromatic heterocycles. The molecule has 0 aliphatic heterocycles. The van der Waals surface area contributed by atoms with E-state index in [1.807, 2.05) is 31.2 Å². The van der Waals surface area contributed by atoms with Gasteiger partial charge in [-0.2, -0.15) is 0 Å². The van der Waals surface area contributed by atoms with Crippen molar-refractivity contribution in [3.8, 4) is 11.5 Å². The Morgan fingerprint density at radius 1 is 1.04 bits per heavy atom. The number of benzene rings is 2. The van der Waals surface area contributed by atoms with Crippen LogP contribution in [0.15, 0.2) is 48.5 Å². The number of hydrogen-bond acceptors (Lipinski definition) is 6. The number of anilines is 1. The molecule has 0 aliphatic carbocycles. The Morgan fingerprint density at radius 3 is 2.38 bits per heavy atom. The standard InChI is InChI=1S/C19H19N3O3S/c1-3-25-16-10-6-14(7-11-16)18(23)20-19-22-21-17(26-19)12-13-4-8-15(24-2)9-5-13/h4-11H,3,12H2,1-2H3,(H,20,22,23). The van der Waals surface area contributed by atoms with Crippen LogP contribution in [0, 0.1) is 0 Å². The van der Waals surface area contributed by atoms with Crippen LogP contribution in [0.4, 0.5) is 5.13 Å². The Balaban J connectivity index is 1.61. The van der Waals surface area contributed by atoms with Crippen molar-refractivity contribution in [1.82, 2.24) is 10.2 Å². The molecule has 3 aromatic rings. The van der Waals surface area contributed by atoms with E-state index in [0.29, 0.717) is 23.7 Å². The van der Waals surface area contributed by atoms with Crippen molar-refractivity contribution in [1.29, 1.82) is 0 Å². The molecule has 7 heteroatoms. The van der Waals surface area contributed by atoms with Gasteiger partial charge >= 0.3 is 0 Å². The Labute approximate surface area is 155 Å². The zero-order valence-corrected chi connectivity index (χ0v) is 15.4. The van der Waals surface area contributed by atoms with Crippen LogP contribution in [0.25, 0.3) is 0 Å². The number of nitrogens with one attached hydrogen (secondary N) is 1. The van der Waals surface area contributed by atoms with Crippen LogP contribution in [0.5, 0.6) is 11.5 Å². The van der Waals surface area contributed by atoms with Gasteiger partial charge in [-0.05, 0) is 48.9 Å². The van der Waals surface area contributed by atoms with Crippen molar-refractivity contribution in [2.45, 2.75) is 13.3 Å². The highest BCUT2D eigenvalue weighted by Gasteiger charge is 2.11. The van der Waals surface area contributed by atoms with Gasteiger partial charge in [-0.1, -0.05) is 23.5 Å². The predicted octanol–water partition coefficient (Wildman–Crippen LogP) is 3.79. The highest BCUT2D eigenvalue weighted by atomic mass is 32.1. The molecule has 0 saturated carbocycles. The molecule has 0 unspecified atom stereocenters. The van der Waals surface area contributed by atoms with Gasteiger partial charge in [-0.3, -0.25) is 10.1 Å². The number of carbonyl (C=O) groups excluding carboxylic acids is 1. The number of carbonyl (C=O) groups is 1.